The van der Waals surface area contributed by atoms with Gasteiger partial charge in [0.05, 0.1) is 6.42 Å². The molecule has 1 aliphatic carbocycles. The second-order valence-electron chi connectivity index (χ2n) is 4.31. The van der Waals surface area contributed by atoms with E-state index in [-0.39, 0.29) is 11.7 Å². The molecule has 1 unspecified atom stereocenters. The summed E-state index contributed by atoms with van der Waals surface area (Å²) in [5.74, 6) is -0.721. The van der Waals surface area contributed by atoms with E-state index >= 15 is 0 Å². The monoisotopic (exact) mass is 236 g/mol. The summed E-state index contributed by atoms with van der Waals surface area (Å²) in [7, 11) is 0. The van der Waals surface area contributed by atoms with Crippen LogP contribution in [0.15, 0.2) is 23.1 Å². The topological polar surface area (TPSA) is 37.3 Å². The second kappa shape index (κ2) is 4.91. The van der Waals surface area contributed by atoms with Gasteiger partial charge in [-0.3, -0.25) is 4.79 Å². The Morgan fingerprint density at radius 2 is 2.19 bits per heavy atom. The molecule has 1 aromatic rings. The predicted octanol–water partition coefficient (Wildman–Crippen LogP) is 3.13. The van der Waals surface area contributed by atoms with Crippen molar-refractivity contribution in [3.05, 3.63) is 29.3 Å². The number of rotatable bonds is 4. The molecule has 1 atom stereocenters. The summed E-state index contributed by atoms with van der Waals surface area (Å²) in [5, 5.41) is 8.84. The summed E-state index contributed by atoms with van der Waals surface area (Å²) < 4.78 is 0. The van der Waals surface area contributed by atoms with E-state index in [0.29, 0.717) is 0 Å². The van der Waals surface area contributed by atoms with Crippen molar-refractivity contribution in [3.8, 4) is 0 Å². The zero-order valence-corrected chi connectivity index (χ0v) is 10.2. The zero-order valence-electron chi connectivity index (χ0n) is 9.40. The zero-order chi connectivity index (χ0) is 11.5. The van der Waals surface area contributed by atoms with Gasteiger partial charge < -0.3 is 5.11 Å². The van der Waals surface area contributed by atoms with Crippen LogP contribution in [0.2, 0.25) is 0 Å². The van der Waals surface area contributed by atoms with Gasteiger partial charge in [0.25, 0.3) is 0 Å². The molecule has 1 N–H and O–H groups in total. The van der Waals surface area contributed by atoms with Gasteiger partial charge in [-0.25, -0.2) is 0 Å². The summed E-state index contributed by atoms with van der Waals surface area (Å²) in [5.41, 5.74) is 2.92. The molecule has 0 aliphatic heterocycles. The molecular formula is C13H16O2S. The van der Waals surface area contributed by atoms with Crippen molar-refractivity contribution >= 4 is 17.7 Å². The number of benzene rings is 1. The van der Waals surface area contributed by atoms with Gasteiger partial charge in [-0.15, -0.1) is 11.8 Å². The van der Waals surface area contributed by atoms with E-state index in [1.54, 1.807) is 11.8 Å². The quantitative estimate of drug-likeness (QED) is 0.816. The first kappa shape index (κ1) is 11.5. The Morgan fingerprint density at radius 3 is 2.94 bits per heavy atom. The highest BCUT2D eigenvalue weighted by Gasteiger charge is 2.13. The first-order valence-corrected chi connectivity index (χ1v) is 6.53. The van der Waals surface area contributed by atoms with Gasteiger partial charge in [0, 0.05) is 10.1 Å². The number of carboxylic acids is 1. The molecule has 16 heavy (non-hydrogen) atoms. The maximum Gasteiger partial charge on any atom is 0.304 e. The van der Waals surface area contributed by atoms with Crippen LogP contribution in [0.25, 0.3) is 0 Å². The van der Waals surface area contributed by atoms with Gasteiger partial charge in [-0.05, 0) is 42.5 Å². The van der Waals surface area contributed by atoms with Crippen LogP contribution in [0.4, 0.5) is 0 Å². The number of fused-ring (bicyclic) bond motifs is 1. The van der Waals surface area contributed by atoms with E-state index in [2.05, 4.69) is 18.2 Å². The van der Waals surface area contributed by atoms with Crippen LogP contribution in [-0.2, 0) is 17.6 Å². The van der Waals surface area contributed by atoms with Crippen molar-refractivity contribution < 1.29 is 9.90 Å². The summed E-state index contributed by atoms with van der Waals surface area (Å²) in [6.45, 7) is 1.96. The maximum absolute atomic E-state index is 10.6. The van der Waals surface area contributed by atoms with Crippen molar-refractivity contribution in [2.75, 3.05) is 0 Å². The third-order valence-electron chi connectivity index (χ3n) is 2.87. The van der Waals surface area contributed by atoms with Crippen LogP contribution >= 0.6 is 11.8 Å². The van der Waals surface area contributed by atoms with Crippen molar-refractivity contribution in [1.29, 1.82) is 0 Å². The SMILES string of the molecule is CC(CC(=O)O)Sc1ccc2c(c1)CCC2. The van der Waals surface area contributed by atoms with Crippen LogP contribution in [0.1, 0.15) is 30.9 Å². The molecule has 0 fully saturated rings. The lowest BCUT2D eigenvalue weighted by Crippen LogP contribution is -2.05. The molecule has 1 aliphatic rings. The molecule has 0 radical (unpaired) electrons. The van der Waals surface area contributed by atoms with Crippen molar-refractivity contribution in [3.63, 3.8) is 0 Å². The van der Waals surface area contributed by atoms with Crippen LogP contribution in [0.3, 0.4) is 0 Å². The molecule has 2 nitrogen and oxygen atoms in total. The fourth-order valence-electron chi connectivity index (χ4n) is 2.14. The third-order valence-corrected chi connectivity index (χ3v) is 3.96. The molecule has 0 saturated carbocycles. The van der Waals surface area contributed by atoms with Crippen molar-refractivity contribution in [1.82, 2.24) is 0 Å². The number of hydrogen-bond donors (Lipinski definition) is 1. The Balaban J connectivity index is 2.02. The Labute approximate surface area is 100 Å². The molecule has 0 saturated heterocycles. The van der Waals surface area contributed by atoms with E-state index in [0.717, 1.165) is 0 Å². The van der Waals surface area contributed by atoms with E-state index < -0.39 is 5.97 Å². The molecule has 0 heterocycles. The molecule has 3 heteroatoms. The molecule has 1 aromatic carbocycles. The maximum atomic E-state index is 10.6. The predicted molar refractivity (Wildman–Crippen MR) is 66.0 cm³/mol. The Kier molecular flexibility index (Phi) is 3.54. The molecule has 0 amide bonds. The highest BCUT2D eigenvalue weighted by Crippen LogP contribution is 2.30. The summed E-state index contributed by atoms with van der Waals surface area (Å²) in [6.07, 6.45) is 3.86. The minimum atomic E-state index is -0.721. The number of aryl methyl sites for hydroxylation is 2. The van der Waals surface area contributed by atoms with Gasteiger partial charge in [0.1, 0.15) is 0 Å². The largest absolute Gasteiger partial charge is 0.481 e. The fourth-order valence-corrected chi connectivity index (χ4v) is 3.19. The van der Waals surface area contributed by atoms with E-state index in [1.807, 2.05) is 6.92 Å². The van der Waals surface area contributed by atoms with Crippen molar-refractivity contribution in [2.24, 2.45) is 0 Å². The van der Waals surface area contributed by atoms with Gasteiger partial charge in [-0.2, -0.15) is 0 Å². The number of thioether (sulfide) groups is 1. The molecule has 0 aromatic heterocycles. The number of carbonyl (C=O) groups is 1. The van der Waals surface area contributed by atoms with Crippen molar-refractivity contribution in [2.45, 2.75) is 42.8 Å². The van der Waals surface area contributed by atoms with Gasteiger partial charge in [0.2, 0.25) is 0 Å². The molecule has 0 bridgehead atoms. The molecule has 2 rings (SSSR count). The lowest BCUT2D eigenvalue weighted by Gasteiger charge is -2.09. The minimum absolute atomic E-state index is 0.136. The van der Waals surface area contributed by atoms with Crippen LogP contribution in [-0.4, -0.2) is 16.3 Å². The first-order valence-electron chi connectivity index (χ1n) is 5.65. The average Bonchev–Trinajstić information content (AvgIpc) is 2.63. The van der Waals surface area contributed by atoms with E-state index in [1.165, 1.54) is 35.3 Å². The van der Waals surface area contributed by atoms with Gasteiger partial charge >= 0.3 is 5.97 Å². The number of carboxylic acid groups (broad SMARTS) is 1. The normalized spacial score (nSPS) is 15.8. The molecule has 86 valence electrons. The van der Waals surface area contributed by atoms with Crippen LogP contribution < -0.4 is 0 Å². The summed E-state index contributed by atoms with van der Waals surface area (Å²) in [6, 6.07) is 6.54. The minimum Gasteiger partial charge on any atom is -0.481 e. The Hall–Kier alpha value is -0.960. The molecular weight excluding hydrogens is 220 g/mol. The summed E-state index contributed by atoms with van der Waals surface area (Å²) in [4.78, 5) is 11.8. The molecule has 0 spiro atoms. The number of aliphatic carboxylic acids is 1. The standard InChI is InChI=1S/C13H16O2S/c1-9(7-13(14)15)16-12-6-5-10-3-2-4-11(10)8-12/h5-6,8-9H,2-4,7H2,1H3,(H,14,15). The second-order valence-corrected chi connectivity index (χ2v) is 5.82. The summed E-state index contributed by atoms with van der Waals surface area (Å²) >= 11 is 1.66. The lowest BCUT2D eigenvalue weighted by molar-refractivity contribution is -0.136. The van der Waals surface area contributed by atoms with Crippen LogP contribution in [0, 0.1) is 0 Å². The number of hydrogen-bond acceptors (Lipinski definition) is 2. The van der Waals surface area contributed by atoms with E-state index in [9.17, 15) is 4.79 Å². The Bertz CT molecular complexity index is 401. The van der Waals surface area contributed by atoms with Gasteiger partial charge in [-0.1, -0.05) is 13.0 Å². The lowest BCUT2D eigenvalue weighted by atomic mass is 10.1. The highest BCUT2D eigenvalue weighted by molar-refractivity contribution is 8.00. The highest BCUT2D eigenvalue weighted by atomic mass is 32.2. The smallest absolute Gasteiger partial charge is 0.304 e. The average molecular weight is 236 g/mol. The fraction of sp³-hybridized carbons (Fsp3) is 0.462. The third kappa shape index (κ3) is 2.79. The Morgan fingerprint density at radius 1 is 1.44 bits per heavy atom. The van der Waals surface area contributed by atoms with Crippen LogP contribution in [0.5, 0.6) is 0 Å². The van der Waals surface area contributed by atoms with E-state index in [4.69, 9.17) is 5.11 Å². The van der Waals surface area contributed by atoms with Gasteiger partial charge in [0.15, 0.2) is 0 Å². The first-order chi connectivity index (χ1) is 7.65.